The monoisotopic (exact) mass is 252 g/mol. The van der Waals surface area contributed by atoms with Crippen molar-refractivity contribution in [1.29, 1.82) is 0 Å². The second kappa shape index (κ2) is 5.07. The molecular formula is C12H20N4O2. The van der Waals surface area contributed by atoms with Crippen LogP contribution in [-0.2, 0) is 0 Å². The minimum absolute atomic E-state index is 0.175. The summed E-state index contributed by atoms with van der Waals surface area (Å²) >= 11 is 0. The smallest absolute Gasteiger partial charge is 0.266 e. The molecule has 0 aromatic carbocycles. The zero-order valence-electron chi connectivity index (χ0n) is 10.9. The van der Waals surface area contributed by atoms with E-state index in [9.17, 15) is 9.90 Å². The molecule has 0 unspecified atom stereocenters. The van der Waals surface area contributed by atoms with Crippen molar-refractivity contribution in [2.75, 3.05) is 37.6 Å². The van der Waals surface area contributed by atoms with Crippen molar-refractivity contribution in [1.82, 2.24) is 15.1 Å². The number of hydrogen-bond donors (Lipinski definition) is 2. The number of hydrogen-bond acceptors (Lipinski definition) is 5. The van der Waals surface area contributed by atoms with Gasteiger partial charge in [-0.1, -0.05) is 0 Å². The van der Waals surface area contributed by atoms with Gasteiger partial charge < -0.3 is 10.0 Å². The summed E-state index contributed by atoms with van der Waals surface area (Å²) in [5, 5.41) is 16.0. The van der Waals surface area contributed by atoms with Crippen LogP contribution in [0.15, 0.2) is 17.1 Å². The Kier molecular flexibility index (Phi) is 3.68. The van der Waals surface area contributed by atoms with E-state index >= 15 is 0 Å². The van der Waals surface area contributed by atoms with Gasteiger partial charge in [0.1, 0.15) is 0 Å². The maximum Gasteiger partial charge on any atom is 0.266 e. The van der Waals surface area contributed by atoms with Gasteiger partial charge in [-0.05, 0) is 13.8 Å². The second-order valence-electron chi connectivity index (χ2n) is 5.38. The lowest BCUT2D eigenvalue weighted by molar-refractivity contribution is 0.0345. The Labute approximate surface area is 106 Å². The van der Waals surface area contributed by atoms with Crippen LogP contribution in [0.4, 0.5) is 5.69 Å². The molecular weight excluding hydrogens is 232 g/mol. The normalized spacial score (nSPS) is 18.1. The predicted octanol–water partition coefficient (Wildman–Crippen LogP) is -0.337. The topological polar surface area (TPSA) is 72.5 Å². The molecule has 0 amide bonds. The Morgan fingerprint density at radius 2 is 2.06 bits per heavy atom. The molecule has 18 heavy (non-hydrogen) atoms. The number of piperazine rings is 1. The van der Waals surface area contributed by atoms with Gasteiger partial charge >= 0.3 is 0 Å². The molecule has 1 saturated heterocycles. The van der Waals surface area contributed by atoms with Gasteiger partial charge in [-0.15, -0.1) is 0 Å². The Balaban J connectivity index is 1.93. The highest BCUT2D eigenvalue weighted by atomic mass is 16.3. The van der Waals surface area contributed by atoms with E-state index in [2.05, 4.69) is 20.0 Å². The lowest BCUT2D eigenvalue weighted by Gasteiger charge is -2.38. The van der Waals surface area contributed by atoms with Crippen LogP contribution in [0.3, 0.4) is 0 Å². The van der Waals surface area contributed by atoms with Crippen molar-refractivity contribution in [2.45, 2.75) is 19.4 Å². The molecule has 0 atom stereocenters. The summed E-state index contributed by atoms with van der Waals surface area (Å²) in [5.74, 6) is 0. The minimum atomic E-state index is -0.659. The molecule has 0 bridgehead atoms. The summed E-state index contributed by atoms with van der Waals surface area (Å²) in [6.45, 7) is 7.78. The zero-order chi connectivity index (χ0) is 13.2. The van der Waals surface area contributed by atoms with E-state index in [4.69, 9.17) is 0 Å². The van der Waals surface area contributed by atoms with Crippen LogP contribution in [0.2, 0.25) is 0 Å². The van der Waals surface area contributed by atoms with Crippen molar-refractivity contribution in [3.8, 4) is 0 Å². The first-order valence-corrected chi connectivity index (χ1v) is 6.18. The minimum Gasteiger partial charge on any atom is -0.389 e. The number of nitrogens with zero attached hydrogens (tertiary/aromatic N) is 3. The maximum absolute atomic E-state index is 11.2. The molecule has 1 aliphatic rings. The Morgan fingerprint density at radius 1 is 1.39 bits per heavy atom. The first-order valence-electron chi connectivity index (χ1n) is 6.18. The molecule has 2 heterocycles. The van der Waals surface area contributed by atoms with E-state index in [1.807, 2.05) is 13.8 Å². The molecule has 6 nitrogen and oxygen atoms in total. The molecule has 2 rings (SSSR count). The molecule has 1 fully saturated rings. The number of aliphatic hydroxyl groups is 1. The van der Waals surface area contributed by atoms with E-state index in [-0.39, 0.29) is 5.56 Å². The molecule has 0 aliphatic carbocycles. The third kappa shape index (κ3) is 3.54. The highest BCUT2D eigenvalue weighted by molar-refractivity contribution is 5.43. The molecule has 2 N–H and O–H groups in total. The molecule has 1 aromatic rings. The SMILES string of the molecule is CC(C)(O)CN1CCN(c2cn[nH]c(=O)c2)CC1. The number of rotatable bonds is 3. The molecule has 1 aromatic heterocycles. The molecule has 0 radical (unpaired) electrons. The van der Waals surface area contributed by atoms with E-state index in [0.717, 1.165) is 31.9 Å². The van der Waals surface area contributed by atoms with Gasteiger partial charge in [0, 0.05) is 38.8 Å². The van der Waals surface area contributed by atoms with Crippen molar-refractivity contribution in [3.05, 3.63) is 22.6 Å². The molecule has 100 valence electrons. The van der Waals surface area contributed by atoms with Crippen molar-refractivity contribution < 1.29 is 5.11 Å². The lowest BCUT2D eigenvalue weighted by Crippen LogP contribution is -2.50. The van der Waals surface area contributed by atoms with Crippen molar-refractivity contribution in [2.24, 2.45) is 0 Å². The van der Waals surface area contributed by atoms with Gasteiger partial charge in [0.25, 0.3) is 5.56 Å². The Morgan fingerprint density at radius 3 is 2.61 bits per heavy atom. The largest absolute Gasteiger partial charge is 0.389 e. The van der Waals surface area contributed by atoms with Crippen molar-refractivity contribution in [3.63, 3.8) is 0 Å². The Bertz CT molecular complexity index is 444. The number of aromatic amines is 1. The molecule has 0 spiro atoms. The fourth-order valence-corrected chi connectivity index (χ4v) is 2.25. The van der Waals surface area contributed by atoms with Gasteiger partial charge in [0.05, 0.1) is 17.5 Å². The highest BCUT2D eigenvalue weighted by Gasteiger charge is 2.22. The summed E-state index contributed by atoms with van der Waals surface area (Å²) in [6, 6.07) is 1.57. The summed E-state index contributed by atoms with van der Waals surface area (Å²) in [6.07, 6.45) is 1.67. The Hall–Kier alpha value is -1.40. The van der Waals surface area contributed by atoms with E-state index in [1.54, 1.807) is 12.3 Å². The quantitative estimate of drug-likeness (QED) is 0.770. The molecule has 6 heteroatoms. The average Bonchev–Trinajstić information content (AvgIpc) is 2.28. The van der Waals surface area contributed by atoms with Crippen LogP contribution in [0.1, 0.15) is 13.8 Å². The fourth-order valence-electron chi connectivity index (χ4n) is 2.25. The second-order valence-corrected chi connectivity index (χ2v) is 5.38. The summed E-state index contributed by atoms with van der Waals surface area (Å²) < 4.78 is 0. The van der Waals surface area contributed by atoms with E-state index < -0.39 is 5.60 Å². The van der Waals surface area contributed by atoms with Gasteiger partial charge in [-0.3, -0.25) is 9.69 Å². The lowest BCUT2D eigenvalue weighted by atomic mass is 10.1. The third-order valence-corrected chi connectivity index (χ3v) is 3.00. The van der Waals surface area contributed by atoms with Gasteiger partial charge in [-0.2, -0.15) is 5.10 Å². The molecule has 0 saturated carbocycles. The van der Waals surface area contributed by atoms with Crippen LogP contribution < -0.4 is 10.5 Å². The van der Waals surface area contributed by atoms with Gasteiger partial charge in [0.15, 0.2) is 0 Å². The van der Waals surface area contributed by atoms with Crippen molar-refractivity contribution >= 4 is 5.69 Å². The number of H-pyrrole nitrogens is 1. The molecule has 1 aliphatic heterocycles. The van der Waals surface area contributed by atoms with Crippen LogP contribution in [0.25, 0.3) is 0 Å². The number of β-amino-alcohol motifs (C(OH)–C–C–N with tert-alkyl or cyclic N) is 1. The van der Waals surface area contributed by atoms with Gasteiger partial charge in [-0.25, -0.2) is 5.10 Å². The standard InChI is InChI=1S/C12H20N4O2/c1-12(2,18)9-15-3-5-16(6-4-15)10-7-11(17)14-13-8-10/h7-8,18H,3-6,9H2,1-2H3,(H,14,17). The predicted molar refractivity (Wildman–Crippen MR) is 69.8 cm³/mol. The van der Waals surface area contributed by atoms with Crippen LogP contribution in [0, 0.1) is 0 Å². The van der Waals surface area contributed by atoms with E-state index in [0.29, 0.717) is 6.54 Å². The van der Waals surface area contributed by atoms with Gasteiger partial charge in [0.2, 0.25) is 0 Å². The van der Waals surface area contributed by atoms with E-state index in [1.165, 1.54) is 0 Å². The summed E-state index contributed by atoms with van der Waals surface area (Å²) in [4.78, 5) is 15.6. The first-order chi connectivity index (χ1) is 8.44. The average molecular weight is 252 g/mol. The highest BCUT2D eigenvalue weighted by Crippen LogP contribution is 2.14. The van der Waals surface area contributed by atoms with Crippen LogP contribution >= 0.6 is 0 Å². The summed E-state index contributed by atoms with van der Waals surface area (Å²) in [5.41, 5.74) is 0.0289. The summed E-state index contributed by atoms with van der Waals surface area (Å²) in [7, 11) is 0. The number of anilines is 1. The third-order valence-electron chi connectivity index (χ3n) is 3.00. The first kappa shape index (κ1) is 13.0. The number of aromatic nitrogens is 2. The maximum atomic E-state index is 11.2. The zero-order valence-corrected chi connectivity index (χ0v) is 10.9. The van der Waals surface area contributed by atoms with Crippen LogP contribution in [0.5, 0.6) is 0 Å². The fraction of sp³-hybridized carbons (Fsp3) is 0.667. The number of nitrogens with one attached hydrogen (secondary N) is 1. The van der Waals surface area contributed by atoms with Crippen LogP contribution in [-0.4, -0.2) is 58.5 Å².